The van der Waals surface area contributed by atoms with E-state index in [-0.39, 0.29) is 17.9 Å². The molecule has 0 saturated carbocycles. The van der Waals surface area contributed by atoms with Crippen LogP contribution in [0.25, 0.3) is 0 Å². The Morgan fingerprint density at radius 1 is 0.889 bits per heavy atom. The molecule has 0 saturated heterocycles. The second kappa shape index (κ2) is 8.42. The first-order chi connectivity index (χ1) is 13.0. The van der Waals surface area contributed by atoms with Gasteiger partial charge in [-0.3, -0.25) is 9.59 Å². The van der Waals surface area contributed by atoms with Crippen LogP contribution in [0, 0.1) is 5.82 Å². The number of anilines is 1. The van der Waals surface area contributed by atoms with Crippen LogP contribution >= 0.6 is 11.6 Å². The molecule has 0 fully saturated rings. The fourth-order valence-corrected chi connectivity index (χ4v) is 2.53. The Morgan fingerprint density at radius 2 is 1.56 bits per heavy atom. The Morgan fingerprint density at radius 3 is 2.30 bits per heavy atom. The highest BCUT2D eigenvalue weighted by Gasteiger charge is 2.14. The summed E-state index contributed by atoms with van der Waals surface area (Å²) in [6.45, 7) is 0.0171. The summed E-state index contributed by atoms with van der Waals surface area (Å²) in [7, 11) is 0. The average molecular weight is 384 g/mol. The molecule has 5 nitrogen and oxygen atoms in total. The van der Waals surface area contributed by atoms with Gasteiger partial charge in [-0.25, -0.2) is 9.37 Å². The summed E-state index contributed by atoms with van der Waals surface area (Å²) in [5, 5.41) is 5.62. The molecule has 0 spiro atoms. The van der Waals surface area contributed by atoms with Crippen LogP contribution in [0.1, 0.15) is 26.5 Å². The van der Waals surface area contributed by atoms with Crippen molar-refractivity contribution in [1.82, 2.24) is 10.3 Å². The molecule has 1 heterocycles. The standard InChI is InChI=1S/C20H15ClFN3O2/c21-14-7-2-4-9-16(14)25-20(27)18-11-5-10-17(24-18)19(26)23-12-13-6-1-3-8-15(13)22/h1-11H,12H2,(H,23,26)(H,25,27). The van der Waals surface area contributed by atoms with Crippen molar-refractivity contribution in [1.29, 1.82) is 0 Å². The maximum Gasteiger partial charge on any atom is 0.274 e. The molecule has 1 aromatic heterocycles. The van der Waals surface area contributed by atoms with Gasteiger partial charge in [0, 0.05) is 12.1 Å². The zero-order valence-electron chi connectivity index (χ0n) is 14.1. The summed E-state index contributed by atoms with van der Waals surface area (Å²) in [5.41, 5.74) is 0.922. The number of benzene rings is 2. The van der Waals surface area contributed by atoms with E-state index >= 15 is 0 Å². The summed E-state index contributed by atoms with van der Waals surface area (Å²) in [6, 6.07) is 17.5. The average Bonchev–Trinajstić information content (AvgIpc) is 2.69. The van der Waals surface area contributed by atoms with E-state index in [4.69, 9.17) is 11.6 Å². The number of carbonyl (C=O) groups excluding carboxylic acids is 2. The lowest BCUT2D eigenvalue weighted by Gasteiger charge is -2.08. The number of rotatable bonds is 5. The van der Waals surface area contributed by atoms with Gasteiger partial charge in [0.2, 0.25) is 0 Å². The van der Waals surface area contributed by atoms with Crippen molar-refractivity contribution in [2.45, 2.75) is 6.54 Å². The second-order valence-corrected chi connectivity index (χ2v) is 6.02. The maximum absolute atomic E-state index is 13.6. The Hall–Kier alpha value is -3.25. The second-order valence-electron chi connectivity index (χ2n) is 5.62. The smallest absolute Gasteiger partial charge is 0.274 e. The van der Waals surface area contributed by atoms with Crippen molar-refractivity contribution in [3.8, 4) is 0 Å². The summed E-state index contributed by atoms with van der Waals surface area (Å²) in [5.74, 6) is -1.41. The van der Waals surface area contributed by atoms with Crippen molar-refractivity contribution in [2.24, 2.45) is 0 Å². The number of amides is 2. The van der Waals surface area contributed by atoms with Crippen LogP contribution in [0.2, 0.25) is 5.02 Å². The van der Waals surface area contributed by atoms with Gasteiger partial charge < -0.3 is 10.6 Å². The third-order valence-electron chi connectivity index (χ3n) is 3.73. The highest BCUT2D eigenvalue weighted by Crippen LogP contribution is 2.21. The zero-order chi connectivity index (χ0) is 19.2. The maximum atomic E-state index is 13.6. The van der Waals surface area contributed by atoms with Crippen LogP contribution in [-0.4, -0.2) is 16.8 Å². The molecule has 0 aliphatic rings. The first-order valence-corrected chi connectivity index (χ1v) is 8.47. The fourth-order valence-electron chi connectivity index (χ4n) is 2.34. The van der Waals surface area contributed by atoms with E-state index in [2.05, 4.69) is 15.6 Å². The van der Waals surface area contributed by atoms with E-state index in [1.54, 1.807) is 48.5 Å². The molecular formula is C20H15ClFN3O2. The first-order valence-electron chi connectivity index (χ1n) is 8.09. The summed E-state index contributed by atoms with van der Waals surface area (Å²) in [6.07, 6.45) is 0. The minimum absolute atomic E-state index is 0.0171. The molecule has 0 aliphatic heterocycles. The lowest BCUT2D eigenvalue weighted by Crippen LogP contribution is -2.25. The third kappa shape index (κ3) is 4.68. The molecule has 2 N–H and O–H groups in total. The van der Waals surface area contributed by atoms with Crippen LogP contribution in [0.5, 0.6) is 0 Å². The third-order valence-corrected chi connectivity index (χ3v) is 4.06. The number of halogens is 2. The monoisotopic (exact) mass is 383 g/mol. The van der Waals surface area contributed by atoms with E-state index in [0.29, 0.717) is 16.3 Å². The van der Waals surface area contributed by atoms with Crippen LogP contribution in [0.3, 0.4) is 0 Å². The van der Waals surface area contributed by atoms with E-state index in [1.165, 1.54) is 18.2 Å². The molecule has 3 aromatic rings. The molecule has 0 unspecified atom stereocenters. The van der Waals surface area contributed by atoms with Gasteiger partial charge in [0.1, 0.15) is 17.2 Å². The normalized spacial score (nSPS) is 10.3. The molecular weight excluding hydrogens is 369 g/mol. The highest BCUT2D eigenvalue weighted by atomic mass is 35.5. The van der Waals surface area contributed by atoms with Gasteiger partial charge in [0.25, 0.3) is 11.8 Å². The number of nitrogens with zero attached hydrogens (tertiary/aromatic N) is 1. The molecule has 136 valence electrons. The van der Waals surface area contributed by atoms with Gasteiger partial charge in [-0.1, -0.05) is 48.0 Å². The van der Waals surface area contributed by atoms with Gasteiger partial charge in [-0.15, -0.1) is 0 Å². The predicted octanol–water partition coefficient (Wildman–Crippen LogP) is 4.06. The van der Waals surface area contributed by atoms with E-state index in [9.17, 15) is 14.0 Å². The van der Waals surface area contributed by atoms with Crippen molar-refractivity contribution < 1.29 is 14.0 Å². The molecule has 2 amide bonds. The van der Waals surface area contributed by atoms with Crippen LogP contribution in [-0.2, 0) is 6.54 Å². The summed E-state index contributed by atoms with van der Waals surface area (Å²) in [4.78, 5) is 28.7. The van der Waals surface area contributed by atoms with Crippen LogP contribution < -0.4 is 10.6 Å². The zero-order valence-corrected chi connectivity index (χ0v) is 14.8. The van der Waals surface area contributed by atoms with Crippen LogP contribution in [0.15, 0.2) is 66.7 Å². The van der Waals surface area contributed by atoms with Crippen LogP contribution in [0.4, 0.5) is 10.1 Å². The molecule has 0 radical (unpaired) electrons. The molecule has 0 bridgehead atoms. The van der Waals surface area contributed by atoms with Gasteiger partial charge in [-0.05, 0) is 30.3 Å². The van der Waals surface area contributed by atoms with Gasteiger partial charge in [0.15, 0.2) is 0 Å². The number of nitrogens with one attached hydrogen (secondary N) is 2. The SMILES string of the molecule is O=C(NCc1ccccc1F)c1cccc(C(=O)Nc2ccccc2Cl)n1. The lowest BCUT2D eigenvalue weighted by molar-refractivity contribution is 0.0945. The minimum atomic E-state index is -0.509. The molecule has 0 aliphatic carbocycles. The van der Waals surface area contributed by atoms with Gasteiger partial charge in [0.05, 0.1) is 10.7 Å². The molecule has 3 rings (SSSR count). The molecule has 2 aromatic carbocycles. The van der Waals surface area contributed by atoms with Gasteiger partial charge >= 0.3 is 0 Å². The Kier molecular flexibility index (Phi) is 5.78. The van der Waals surface area contributed by atoms with Gasteiger partial charge in [-0.2, -0.15) is 0 Å². The number of aromatic nitrogens is 1. The quantitative estimate of drug-likeness (QED) is 0.698. The minimum Gasteiger partial charge on any atom is -0.347 e. The largest absolute Gasteiger partial charge is 0.347 e. The molecule has 7 heteroatoms. The highest BCUT2D eigenvalue weighted by molar-refractivity contribution is 6.33. The fraction of sp³-hybridized carbons (Fsp3) is 0.0500. The van der Waals surface area contributed by atoms with Crippen molar-refractivity contribution in [2.75, 3.05) is 5.32 Å². The number of carbonyl (C=O) groups is 2. The number of para-hydroxylation sites is 1. The Balaban J connectivity index is 1.69. The number of hydrogen-bond donors (Lipinski definition) is 2. The van der Waals surface area contributed by atoms with E-state index in [0.717, 1.165) is 0 Å². The lowest BCUT2D eigenvalue weighted by atomic mass is 10.2. The topological polar surface area (TPSA) is 71.1 Å². The first kappa shape index (κ1) is 18.5. The van der Waals surface area contributed by atoms with Crippen molar-refractivity contribution in [3.63, 3.8) is 0 Å². The molecule has 27 heavy (non-hydrogen) atoms. The Labute approximate surface area is 160 Å². The summed E-state index contributed by atoms with van der Waals surface area (Å²) < 4.78 is 13.6. The Bertz CT molecular complexity index is 994. The summed E-state index contributed by atoms with van der Waals surface area (Å²) >= 11 is 6.02. The number of pyridine rings is 1. The molecule has 0 atom stereocenters. The number of hydrogen-bond acceptors (Lipinski definition) is 3. The predicted molar refractivity (Wildman–Crippen MR) is 101 cm³/mol. The van der Waals surface area contributed by atoms with E-state index in [1.807, 2.05) is 0 Å². The van der Waals surface area contributed by atoms with Crippen molar-refractivity contribution >= 4 is 29.1 Å². The van der Waals surface area contributed by atoms with E-state index < -0.39 is 17.6 Å². The van der Waals surface area contributed by atoms with Crippen molar-refractivity contribution in [3.05, 3.63) is 94.5 Å².